The van der Waals surface area contributed by atoms with Gasteiger partial charge in [0.25, 0.3) is 5.69 Å². The van der Waals surface area contributed by atoms with Crippen molar-refractivity contribution in [3.63, 3.8) is 0 Å². The molecule has 158 valence electrons. The van der Waals surface area contributed by atoms with Gasteiger partial charge < -0.3 is 0 Å². The van der Waals surface area contributed by atoms with E-state index in [1.54, 1.807) is 0 Å². The summed E-state index contributed by atoms with van der Waals surface area (Å²) >= 11 is 5.74. The Kier molecular flexibility index (Phi) is 6.50. The van der Waals surface area contributed by atoms with Crippen LogP contribution in [0.2, 0.25) is 0 Å². The molecule has 0 aliphatic rings. The Morgan fingerprint density at radius 1 is 0.966 bits per heavy atom. The second kappa shape index (κ2) is 7.95. The normalized spacial score (nSPS) is 14.0. The zero-order valence-electron chi connectivity index (χ0n) is 13.4. The van der Waals surface area contributed by atoms with E-state index in [1.807, 2.05) is 0 Å². The molecule has 2 aromatic rings. The van der Waals surface area contributed by atoms with Crippen LogP contribution in [-0.4, -0.2) is 26.5 Å². The van der Waals surface area contributed by atoms with E-state index in [2.05, 4.69) is 31.9 Å². The van der Waals surface area contributed by atoms with Crippen LogP contribution in [0.25, 0.3) is 11.1 Å². The molecule has 0 N–H and O–H groups in total. The highest BCUT2D eigenvalue weighted by Crippen LogP contribution is 2.51. The average molecular weight is 573 g/mol. The Hall–Kier alpha value is -1.54. The molecule has 4 nitrogen and oxygen atoms in total. The molecule has 1 unspecified atom stereocenters. The zero-order valence-corrected chi connectivity index (χ0v) is 17.4. The van der Waals surface area contributed by atoms with Crippen LogP contribution >= 0.6 is 31.9 Å². The fourth-order valence-electron chi connectivity index (χ4n) is 2.22. The molecule has 29 heavy (non-hydrogen) atoms. The molecule has 2 aromatic carbocycles. The second-order valence-electron chi connectivity index (χ2n) is 5.39. The lowest BCUT2D eigenvalue weighted by atomic mass is 10.0. The molecule has 0 heterocycles. The van der Waals surface area contributed by atoms with E-state index in [0.717, 1.165) is 12.1 Å². The molecule has 0 fully saturated rings. The second-order valence-corrected chi connectivity index (χ2v) is 8.65. The van der Waals surface area contributed by atoms with Gasteiger partial charge in [-0.05, 0) is 18.2 Å². The number of para-hydroxylation sites is 1. The number of rotatable bonds is 5. The van der Waals surface area contributed by atoms with E-state index in [9.17, 15) is 45.1 Å². The Bertz CT molecular complexity index is 998. The molecule has 0 radical (unpaired) electrons. The van der Waals surface area contributed by atoms with Crippen LogP contribution in [-0.2, 0) is 10.8 Å². The lowest BCUT2D eigenvalue weighted by Gasteiger charge is -2.28. The number of nitro groups is 1. The maximum Gasteiger partial charge on any atom is 0.461 e. The van der Waals surface area contributed by atoms with E-state index in [0.29, 0.717) is 6.07 Å². The largest absolute Gasteiger partial charge is 0.461 e. The quantitative estimate of drug-likeness (QED) is 0.228. The minimum atomic E-state index is -6.69. The first-order valence-electron chi connectivity index (χ1n) is 7.10. The molecule has 0 bridgehead atoms. The predicted molar refractivity (Wildman–Crippen MR) is 96.3 cm³/mol. The minimum absolute atomic E-state index is 0.0961. The first-order chi connectivity index (χ1) is 13.1. The summed E-state index contributed by atoms with van der Waals surface area (Å²) in [5.74, 6) is -6.63. The van der Waals surface area contributed by atoms with Crippen molar-refractivity contribution in [3.8, 4) is 11.1 Å². The molecule has 0 aromatic heterocycles. The van der Waals surface area contributed by atoms with Crippen molar-refractivity contribution in [2.75, 3.05) is 0 Å². The standard InChI is InChI=1S/C15H6Br2F7NO3S/c16-7-5-9(17)12(8-3-1-2-4-10(8)25(26)27)11(6-7)29(28)15(23,24)13(18,19)14(20,21)22/h1-6H. The third-order valence-corrected chi connectivity index (χ3v) is 6.07. The molecular formula is C15H6Br2F7NO3S. The summed E-state index contributed by atoms with van der Waals surface area (Å²) in [7, 11) is -4.25. The van der Waals surface area contributed by atoms with Gasteiger partial charge in [0, 0.05) is 20.6 Å². The maximum atomic E-state index is 14.1. The molecular weight excluding hydrogens is 567 g/mol. The van der Waals surface area contributed by atoms with E-state index in [-0.39, 0.29) is 8.95 Å². The van der Waals surface area contributed by atoms with E-state index < -0.39 is 54.8 Å². The van der Waals surface area contributed by atoms with E-state index >= 15 is 0 Å². The van der Waals surface area contributed by atoms with Gasteiger partial charge in [-0.1, -0.05) is 44.0 Å². The Morgan fingerprint density at radius 3 is 2.03 bits per heavy atom. The number of hydrogen-bond donors (Lipinski definition) is 0. The number of nitrogens with zero attached hydrogens (tertiary/aromatic N) is 1. The number of alkyl halides is 7. The van der Waals surface area contributed by atoms with Crippen molar-refractivity contribution in [2.45, 2.75) is 22.2 Å². The summed E-state index contributed by atoms with van der Waals surface area (Å²) in [6.45, 7) is 0. The Balaban J connectivity index is 2.82. The summed E-state index contributed by atoms with van der Waals surface area (Å²) < 4.78 is 104. The van der Waals surface area contributed by atoms with Gasteiger partial charge >= 0.3 is 17.4 Å². The van der Waals surface area contributed by atoms with Crippen molar-refractivity contribution in [2.24, 2.45) is 0 Å². The molecule has 0 aliphatic heterocycles. The van der Waals surface area contributed by atoms with Crippen LogP contribution in [0.3, 0.4) is 0 Å². The first-order valence-corrected chi connectivity index (χ1v) is 9.83. The van der Waals surface area contributed by atoms with Gasteiger partial charge in [-0.2, -0.15) is 30.7 Å². The molecule has 14 heteroatoms. The third kappa shape index (κ3) is 4.19. The highest BCUT2D eigenvalue weighted by atomic mass is 79.9. The number of halogens is 9. The number of benzene rings is 2. The predicted octanol–water partition coefficient (Wildman–Crippen LogP) is 6.68. The maximum absolute atomic E-state index is 14.1. The van der Waals surface area contributed by atoms with E-state index in [1.165, 1.54) is 18.2 Å². The molecule has 0 amide bonds. The van der Waals surface area contributed by atoms with Crippen LogP contribution in [0.15, 0.2) is 50.2 Å². The van der Waals surface area contributed by atoms with Gasteiger partial charge in [0.05, 0.1) is 15.4 Å². The monoisotopic (exact) mass is 571 g/mol. The lowest BCUT2D eigenvalue weighted by Crippen LogP contribution is -2.54. The van der Waals surface area contributed by atoms with Crippen molar-refractivity contribution in [3.05, 3.63) is 55.5 Å². The summed E-state index contributed by atoms with van der Waals surface area (Å²) in [4.78, 5) is 9.15. The van der Waals surface area contributed by atoms with Crippen molar-refractivity contribution >= 4 is 48.3 Å². The van der Waals surface area contributed by atoms with Crippen LogP contribution in [0.5, 0.6) is 0 Å². The van der Waals surface area contributed by atoms with Crippen molar-refractivity contribution in [1.29, 1.82) is 0 Å². The van der Waals surface area contributed by atoms with Gasteiger partial charge in [-0.15, -0.1) is 0 Å². The zero-order chi connectivity index (χ0) is 22.4. The first kappa shape index (κ1) is 23.7. The number of hydrogen-bond acceptors (Lipinski definition) is 3. The van der Waals surface area contributed by atoms with Crippen LogP contribution in [0.1, 0.15) is 0 Å². The molecule has 1 atom stereocenters. The molecule has 0 spiro atoms. The molecule has 0 saturated carbocycles. The smallest absolute Gasteiger partial charge is 0.258 e. The van der Waals surface area contributed by atoms with Crippen LogP contribution < -0.4 is 0 Å². The Labute approximate surface area is 177 Å². The minimum Gasteiger partial charge on any atom is -0.258 e. The fourth-order valence-corrected chi connectivity index (χ4v) is 5.21. The summed E-state index contributed by atoms with van der Waals surface area (Å²) in [5, 5.41) is 5.16. The number of nitro benzene ring substituents is 1. The van der Waals surface area contributed by atoms with Gasteiger partial charge in [0.15, 0.2) is 0 Å². The summed E-state index contributed by atoms with van der Waals surface area (Å²) in [6, 6.07) is 6.27. The SMILES string of the molecule is O=[N+]([O-])c1ccccc1-c1c(Br)cc(Br)cc1S(=O)C(F)(F)C(F)(F)C(F)(F)F. The Morgan fingerprint density at radius 2 is 1.52 bits per heavy atom. The highest BCUT2D eigenvalue weighted by Gasteiger charge is 2.76. The molecule has 0 saturated heterocycles. The highest BCUT2D eigenvalue weighted by molar-refractivity contribution is 9.11. The topological polar surface area (TPSA) is 60.2 Å². The van der Waals surface area contributed by atoms with Gasteiger partial charge in [-0.3, -0.25) is 10.1 Å². The lowest BCUT2D eigenvalue weighted by molar-refractivity contribution is -0.384. The van der Waals surface area contributed by atoms with E-state index in [4.69, 9.17) is 0 Å². The van der Waals surface area contributed by atoms with Crippen molar-refractivity contribution < 1.29 is 39.9 Å². The van der Waals surface area contributed by atoms with Gasteiger partial charge in [0.2, 0.25) is 0 Å². The van der Waals surface area contributed by atoms with Crippen LogP contribution in [0, 0.1) is 10.1 Å². The van der Waals surface area contributed by atoms with Gasteiger partial charge in [-0.25, -0.2) is 4.21 Å². The van der Waals surface area contributed by atoms with Crippen molar-refractivity contribution in [1.82, 2.24) is 0 Å². The summed E-state index contributed by atoms with van der Waals surface area (Å²) in [6.07, 6.45) is -6.69. The average Bonchev–Trinajstić information content (AvgIpc) is 2.59. The van der Waals surface area contributed by atoms with Gasteiger partial charge in [0.1, 0.15) is 10.8 Å². The van der Waals surface area contributed by atoms with Crippen LogP contribution in [0.4, 0.5) is 36.4 Å². The fraction of sp³-hybridized carbons (Fsp3) is 0.200. The third-order valence-electron chi connectivity index (χ3n) is 3.54. The molecule has 2 rings (SSSR count). The summed E-state index contributed by atoms with van der Waals surface area (Å²) in [5.41, 5.74) is -1.66. The molecule has 0 aliphatic carbocycles.